The van der Waals surface area contributed by atoms with Crippen LogP contribution in [0.2, 0.25) is 0 Å². The maximum Gasteiger partial charge on any atom is -0.0103 e. The van der Waals surface area contributed by atoms with Crippen molar-refractivity contribution in [2.45, 2.75) is 35.1 Å². The number of fused-ring (bicyclic) bond motifs is 3. The van der Waals surface area contributed by atoms with Gasteiger partial charge in [0.25, 0.3) is 0 Å². The highest BCUT2D eigenvalue weighted by Gasteiger charge is 2.01. The van der Waals surface area contributed by atoms with Crippen LogP contribution in [0.3, 0.4) is 0 Å². The second-order valence-corrected chi connectivity index (χ2v) is 4.44. The van der Waals surface area contributed by atoms with E-state index in [1.165, 1.54) is 32.7 Å². The molecule has 0 amide bonds. The van der Waals surface area contributed by atoms with Gasteiger partial charge >= 0.3 is 0 Å². The molecule has 0 fully saturated rings. The zero-order valence-corrected chi connectivity index (χ0v) is 11.6. The van der Waals surface area contributed by atoms with Gasteiger partial charge in [0.15, 0.2) is 0 Å². The molecule has 3 aromatic carbocycles. The molecule has 3 aromatic rings. The Morgan fingerprint density at radius 1 is 0.632 bits per heavy atom. The molecule has 0 aliphatic rings. The molecular weight excluding hydrogens is 228 g/mol. The van der Waals surface area contributed by atoms with Gasteiger partial charge in [0, 0.05) is 0 Å². The quantitative estimate of drug-likeness (QED) is 0.413. The molecule has 0 aromatic heterocycles. The molecule has 0 heteroatoms. The average molecular weight is 252 g/mol. The summed E-state index contributed by atoms with van der Waals surface area (Å²) in [5, 5.41) is 5.37. The van der Waals surface area contributed by atoms with Crippen LogP contribution in [0.4, 0.5) is 0 Å². The first-order chi connectivity index (χ1) is 8.75. The molecule has 0 atom stereocenters. The summed E-state index contributed by atoms with van der Waals surface area (Å²) in [6.07, 6.45) is 0. The van der Waals surface area contributed by atoms with E-state index >= 15 is 0 Å². The molecule has 0 aliphatic heterocycles. The van der Waals surface area contributed by atoms with Gasteiger partial charge < -0.3 is 0 Å². The monoisotopic (exact) mass is 252 g/mol. The highest BCUT2D eigenvalue weighted by Crippen LogP contribution is 2.27. The fraction of sp³-hybridized carbons (Fsp3) is 0.263. The number of hydrogen-bond donors (Lipinski definition) is 0. The number of hydrogen-bond acceptors (Lipinski definition) is 0. The van der Waals surface area contributed by atoms with Gasteiger partial charge in [-0.1, -0.05) is 69.8 Å². The van der Waals surface area contributed by atoms with Crippen LogP contribution in [0.15, 0.2) is 48.5 Å². The van der Waals surface area contributed by atoms with E-state index in [1.807, 2.05) is 13.8 Å². The van der Waals surface area contributed by atoms with Crippen molar-refractivity contribution in [2.24, 2.45) is 0 Å². The molecule has 0 aliphatic carbocycles. The van der Waals surface area contributed by atoms with Crippen LogP contribution in [0.25, 0.3) is 21.5 Å². The first-order valence-corrected chi connectivity index (χ1v) is 6.64. The van der Waals surface area contributed by atoms with E-state index in [0.29, 0.717) is 0 Å². The van der Waals surface area contributed by atoms with Gasteiger partial charge in [0.2, 0.25) is 0 Å². The third kappa shape index (κ3) is 2.78. The highest BCUT2D eigenvalue weighted by molar-refractivity contribution is 6.07. The van der Waals surface area contributed by atoms with Crippen LogP contribution in [-0.2, 0) is 0 Å². The smallest absolute Gasteiger partial charge is 0.0103 e. The fourth-order valence-corrected chi connectivity index (χ4v) is 2.28. The van der Waals surface area contributed by atoms with Crippen molar-refractivity contribution in [3.63, 3.8) is 0 Å². The van der Waals surface area contributed by atoms with Crippen molar-refractivity contribution in [1.29, 1.82) is 0 Å². The lowest BCUT2D eigenvalue weighted by Gasteiger charge is -2.07. The molecule has 0 spiro atoms. The molecule has 0 nitrogen and oxygen atoms in total. The highest BCUT2D eigenvalue weighted by atomic mass is 14.1. The van der Waals surface area contributed by atoms with E-state index in [1.54, 1.807) is 0 Å². The summed E-state index contributed by atoms with van der Waals surface area (Å²) in [6.45, 7) is 8.35. The van der Waals surface area contributed by atoms with Crippen molar-refractivity contribution >= 4 is 21.5 Å². The maximum absolute atomic E-state index is 2.30. The second-order valence-electron chi connectivity index (χ2n) is 4.44. The summed E-state index contributed by atoms with van der Waals surface area (Å²) < 4.78 is 0. The van der Waals surface area contributed by atoms with E-state index in [-0.39, 0.29) is 7.43 Å². The lowest BCUT2D eigenvalue weighted by Crippen LogP contribution is -1.83. The van der Waals surface area contributed by atoms with Gasteiger partial charge in [-0.15, -0.1) is 0 Å². The lowest BCUT2D eigenvalue weighted by atomic mass is 9.98. The molecule has 0 radical (unpaired) electrons. The summed E-state index contributed by atoms with van der Waals surface area (Å²) in [5.41, 5.74) is 2.73. The molecule has 3 rings (SSSR count). The Morgan fingerprint density at radius 3 is 1.95 bits per heavy atom. The van der Waals surface area contributed by atoms with E-state index in [4.69, 9.17) is 0 Å². The van der Waals surface area contributed by atoms with Crippen molar-refractivity contribution in [3.05, 3.63) is 59.7 Å². The fourth-order valence-electron chi connectivity index (χ4n) is 2.28. The maximum atomic E-state index is 2.30. The Kier molecular flexibility index (Phi) is 5.11. The van der Waals surface area contributed by atoms with Crippen molar-refractivity contribution < 1.29 is 0 Å². The summed E-state index contributed by atoms with van der Waals surface area (Å²) >= 11 is 0. The molecule has 19 heavy (non-hydrogen) atoms. The number of aryl methyl sites for hydroxylation is 2. The topological polar surface area (TPSA) is 0 Å². The SMILES string of the molecule is C.CC.Cc1cc2ccc3ccccc3c2cc1C. The normalized spacial score (nSPS) is 9.68. The number of rotatable bonds is 0. The van der Waals surface area contributed by atoms with Gasteiger partial charge in [-0.3, -0.25) is 0 Å². The van der Waals surface area contributed by atoms with Crippen LogP contribution in [0.1, 0.15) is 32.4 Å². The second kappa shape index (κ2) is 6.38. The molecule has 0 bridgehead atoms. The third-order valence-electron chi connectivity index (χ3n) is 3.36. The molecule has 0 saturated carbocycles. The minimum Gasteiger partial charge on any atom is -0.0776 e. The molecule has 0 unspecified atom stereocenters. The Morgan fingerprint density at radius 2 is 1.21 bits per heavy atom. The Bertz CT molecular complexity index is 678. The van der Waals surface area contributed by atoms with E-state index in [2.05, 4.69) is 62.4 Å². The van der Waals surface area contributed by atoms with Crippen molar-refractivity contribution in [1.82, 2.24) is 0 Å². The summed E-state index contributed by atoms with van der Waals surface area (Å²) in [5.74, 6) is 0. The first kappa shape index (κ1) is 15.2. The van der Waals surface area contributed by atoms with Gasteiger partial charge in [-0.2, -0.15) is 0 Å². The lowest BCUT2D eigenvalue weighted by molar-refractivity contribution is 1.37. The Balaban J connectivity index is 0.000000576. The van der Waals surface area contributed by atoms with E-state index in [0.717, 1.165) is 0 Å². The summed E-state index contributed by atoms with van der Waals surface area (Å²) in [4.78, 5) is 0. The van der Waals surface area contributed by atoms with Crippen LogP contribution < -0.4 is 0 Å². The van der Waals surface area contributed by atoms with Crippen LogP contribution in [0, 0.1) is 13.8 Å². The van der Waals surface area contributed by atoms with Crippen molar-refractivity contribution in [2.75, 3.05) is 0 Å². The minimum absolute atomic E-state index is 0. The molecular formula is C19H24. The summed E-state index contributed by atoms with van der Waals surface area (Å²) in [7, 11) is 0. The standard InChI is InChI=1S/C16H14.C2H6.CH4/c1-11-9-14-8-7-13-5-3-4-6-15(13)16(14)10-12(11)2;1-2;/h3-10H,1-2H3;1-2H3;1H4. The Hall–Kier alpha value is -1.82. The van der Waals surface area contributed by atoms with Gasteiger partial charge in [0.05, 0.1) is 0 Å². The molecule has 0 saturated heterocycles. The van der Waals surface area contributed by atoms with Crippen LogP contribution in [-0.4, -0.2) is 0 Å². The van der Waals surface area contributed by atoms with E-state index < -0.39 is 0 Å². The molecule has 100 valence electrons. The number of benzene rings is 3. The molecule has 0 N–H and O–H groups in total. The predicted octanol–water partition coefficient (Wildman–Crippen LogP) is 6.27. The average Bonchev–Trinajstić information content (AvgIpc) is 2.42. The van der Waals surface area contributed by atoms with Crippen LogP contribution >= 0.6 is 0 Å². The predicted molar refractivity (Wildman–Crippen MR) is 89.0 cm³/mol. The van der Waals surface area contributed by atoms with E-state index in [9.17, 15) is 0 Å². The van der Waals surface area contributed by atoms with Gasteiger partial charge in [0.1, 0.15) is 0 Å². The van der Waals surface area contributed by atoms with Crippen molar-refractivity contribution in [3.8, 4) is 0 Å². The molecule has 0 heterocycles. The largest absolute Gasteiger partial charge is 0.0776 e. The Labute approximate surface area is 117 Å². The third-order valence-corrected chi connectivity index (χ3v) is 3.36. The first-order valence-electron chi connectivity index (χ1n) is 6.64. The zero-order chi connectivity index (χ0) is 13.1. The zero-order valence-electron chi connectivity index (χ0n) is 11.6. The van der Waals surface area contributed by atoms with Gasteiger partial charge in [-0.05, 0) is 46.5 Å². The van der Waals surface area contributed by atoms with Crippen LogP contribution in [0.5, 0.6) is 0 Å². The minimum atomic E-state index is 0. The summed E-state index contributed by atoms with van der Waals surface area (Å²) in [6, 6.07) is 17.6. The van der Waals surface area contributed by atoms with Gasteiger partial charge in [-0.25, -0.2) is 0 Å².